The molecule has 7 nitrogen and oxygen atoms in total. The normalized spacial score (nSPS) is 11.1. The molecule has 8 heteroatoms. The lowest BCUT2D eigenvalue weighted by Crippen LogP contribution is -2.19. The summed E-state index contributed by atoms with van der Waals surface area (Å²) in [4.78, 5) is 16.8. The highest BCUT2D eigenvalue weighted by Crippen LogP contribution is 2.33. The highest BCUT2D eigenvalue weighted by molar-refractivity contribution is 5.90. The van der Waals surface area contributed by atoms with Gasteiger partial charge >= 0.3 is 0 Å². The number of hydrogen-bond acceptors (Lipinski definition) is 6. The van der Waals surface area contributed by atoms with Gasteiger partial charge < -0.3 is 18.9 Å². The van der Waals surface area contributed by atoms with Crippen molar-refractivity contribution in [3.8, 4) is 34.3 Å². The van der Waals surface area contributed by atoms with Crippen LogP contribution in [0.4, 0.5) is 4.39 Å². The van der Waals surface area contributed by atoms with Crippen LogP contribution in [0, 0.1) is 5.82 Å². The van der Waals surface area contributed by atoms with Crippen LogP contribution in [0.5, 0.6) is 11.5 Å². The van der Waals surface area contributed by atoms with E-state index < -0.39 is 11.4 Å². The summed E-state index contributed by atoms with van der Waals surface area (Å²) in [6.45, 7) is 0. The van der Waals surface area contributed by atoms with Gasteiger partial charge in [-0.3, -0.25) is 4.79 Å². The third-order valence-electron chi connectivity index (χ3n) is 4.33. The third-order valence-corrected chi connectivity index (χ3v) is 4.33. The van der Waals surface area contributed by atoms with Crippen LogP contribution >= 0.6 is 0 Å². The van der Waals surface area contributed by atoms with Crippen LogP contribution in [-0.4, -0.2) is 26.9 Å². The number of benzene rings is 2. The van der Waals surface area contributed by atoms with Crippen LogP contribution in [0.2, 0.25) is 0 Å². The molecule has 1 N–H and O–H groups in total. The lowest BCUT2D eigenvalue weighted by molar-refractivity contribution is 0.386. The topological polar surface area (TPSA) is 90.4 Å². The first-order chi connectivity index (χ1) is 13.0. The van der Waals surface area contributed by atoms with Crippen molar-refractivity contribution in [3.63, 3.8) is 0 Å². The van der Waals surface area contributed by atoms with Crippen LogP contribution in [-0.2, 0) is 7.05 Å². The molecule has 0 bridgehead atoms. The Labute approximate surface area is 152 Å². The van der Waals surface area contributed by atoms with E-state index in [-0.39, 0.29) is 28.8 Å². The summed E-state index contributed by atoms with van der Waals surface area (Å²) < 4.78 is 25.4. The number of methoxy groups -OCH3 is 1. The van der Waals surface area contributed by atoms with Gasteiger partial charge in [0, 0.05) is 18.0 Å². The second-order valence-corrected chi connectivity index (χ2v) is 5.88. The molecule has 136 valence electrons. The zero-order valence-electron chi connectivity index (χ0n) is 14.4. The predicted octanol–water partition coefficient (Wildman–Crippen LogP) is 3.11. The van der Waals surface area contributed by atoms with E-state index in [0.717, 1.165) is 0 Å². The molecule has 0 radical (unpaired) electrons. The minimum absolute atomic E-state index is 0.0844. The summed E-state index contributed by atoms with van der Waals surface area (Å²) in [5.41, 5.74) is 0.326. The molecule has 0 fully saturated rings. The molecule has 0 amide bonds. The van der Waals surface area contributed by atoms with E-state index >= 15 is 0 Å². The van der Waals surface area contributed by atoms with Crippen LogP contribution in [0.3, 0.4) is 0 Å². The van der Waals surface area contributed by atoms with Gasteiger partial charge in [0.05, 0.1) is 12.6 Å². The number of ether oxygens (including phenoxy) is 1. The molecule has 0 saturated heterocycles. The van der Waals surface area contributed by atoms with E-state index in [4.69, 9.17) is 9.26 Å². The average molecular weight is 367 g/mol. The molecule has 4 aromatic rings. The highest BCUT2D eigenvalue weighted by Gasteiger charge is 2.22. The maximum Gasteiger partial charge on any atom is 0.267 e. The van der Waals surface area contributed by atoms with Gasteiger partial charge in [-0.05, 0) is 30.3 Å². The molecule has 27 heavy (non-hydrogen) atoms. The van der Waals surface area contributed by atoms with Crippen molar-refractivity contribution in [2.24, 2.45) is 7.05 Å². The lowest BCUT2D eigenvalue weighted by atomic mass is 10.1. The van der Waals surface area contributed by atoms with Crippen LogP contribution in [0.15, 0.2) is 51.8 Å². The molecule has 2 aromatic heterocycles. The van der Waals surface area contributed by atoms with Crippen molar-refractivity contribution in [3.05, 3.63) is 58.6 Å². The van der Waals surface area contributed by atoms with Gasteiger partial charge in [0.1, 0.15) is 11.3 Å². The van der Waals surface area contributed by atoms with Crippen molar-refractivity contribution < 1.29 is 18.8 Å². The molecule has 0 saturated carbocycles. The minimum Gasteiger partial charge on any atom is -0.506 e. The number of fused-ring (bicyclic) bond motifs is 1. The van der Waals surface area contributed by atoms with Gasteiger partial charge in [-0.25, -0.2) is 4.39 Å². The number of rotatable bonds is 3. The molecule has 2 heterocycles. The van der Waals surface area contributed by atoms with Crippen LogP contribution in [0.1, 0.15) is 0 Å². The Kier molecular flexibility index (Phi) is 3.88. The largest absolute Gasteiger partial charge is 0.506 e. The smallest absolute Gasteiger partial charge is 0.267 e. The highest BCUT2D eigenvalue weighted by atomic mass is 19.1. The summed E-state index contributed by atoms with van der Waals surface area (Å²) in [6.07, 6.45) is 0. The predicted molar refractivity (Wildman–Crippen MR) is 96.1 cm³/mol. The molecule has 2 aromatic carbocycles. The molecule has 0 aliphatic carbocycles. The van der Waals surface area contributed by atoms with Gasteiger partial charge in [0.25, 0.3) is 11.4 Å². The Bertz CT molecular complexity index is 1230. The Hall–Kier alpha value is -3.68. The van der Waals surface area contributed by atoms with E-state index in [1.807, 2.05) is 0 Å². The van der Waals surface area contributed by atoms with Crippen molar-refractivity contribution in [1.29, 1.82) is 0 Å². The van der Waals surface area contributed by atoms with E-state index in [1.165, 1.54) is 23.8 Å². The second-order valence-electron chi connectivity index (χ2n) is 5.88. The number of aromatic nitrogens is 3. The summed E-state index contributed by atoms with van der Waals surface area (Å²) in [7, 11) is 2.95. The fourth-order valence-electron chi connectivity index (χ4n) is 2.92. The Morgan fingerprint density at radius 3 is 2.74 bits per heavy atom. The Morgan fingerprint density at radius 1 is 1.22 bits per heavy atom. The van der Waals surface area contributed by atoms with Gasteiger partial charge in [-0.2, -0.15) is 4.98 Å². The maximum atomic E-state index is 13.9. The van der Waals surface area contributed by atoms with Crippen LogP contribution < -0.4 is 10.3 Å². The Balaban J connectivity index is 1.87. The molecule has 0 unspecified atom stereocenters. The number of halogens is 1. The quantitative estimate of drug-likeness (QED) is 0.598. The van der Waals surface area contributed by atoms with E-state index in [2.05, 4.69) is 10.1 Å². The fourth-order valence-corrected chi connectivity index (χ4v) is 2.92. The molecular formula is C19H14FN3O4. The molecule has 0 aliphatic rings. The first-order valence-electron chi connectivity index (χ1n) is 8.00. The average Bonchev–Trinajstić information content (AvgIpc) is 3.16. The lowest BCUT2D eigenvalue weighted by Gasteiger charge is -2.09. The second kappa shape index (κ2) is 6.24. The SMILES string of the molecule is COc1ccc(-c2noc(-c3c(O)c4ccccc4n(C)c3=O)n2)cc1F. The number of nitrogens with zero attached hydrogens (tertiary/aromatic N) is 3. The molecule has 4 rings (SSSR count). The summed E-state index contributed by atoms with van der Waals surface area (Å²) in [5, 5.41) is 14.9. The number of aryl methyl sites for hydroxylation is 1. The number of pyridine rings is 1. The number of hydrogen-bond donors (Lipinski definition) is 1. The number of aromatic hydroxyl groups is 1. The van der Waals surface area contributed by atoms with Gasteiger partial charge in [0.2, 0.25) is 5.82 Å². The van der Waals surface area contributed by atoms with Crippen molar-refractivity contribution in [2.75, 3.05) is 7.11 Å². The zero-order valence-corrected chi connectivity index (χ0v) is 14.4. The van der Waals surface area contributed by atoms with Crippen molar-refractivity contribution in [1.82, 2.24) is 14.7 Å². The molecule has 0 spiro atoms. The summed E-state index contributed by atoms with van der Waals surface area (Å²) >= 11 is 0. The molecule has 0 atom stereocenters. The first kappa shape index (κ1) is 16.8. The van der Waals surface area contributed by atoms with Gasteiger partial charge in [-0.15, -0.1) is 0 Å². The van der Waals surface area contributed by atoms with Gasteiger partial charge in [0.15, 0.2) is 11.6 Å². The third kappa shape index (κ3) is 2.62. The monoisotopic (exact) mass is 367 g/mol. The fraction of sp³-hybridized carbons (Fsp3) is 0.105. The van der Waals surface area contributed by atoms with E-state index in [0.29, 0.717) is 16.5 Å². The van der Waals surface area contributed by atoms with Gasteiger partial charge in [-0.1, -0.05) is 17.3 Å². The minimum atomic E-state index is -0.578. The van der Waals surface area contributed by atoms with Crippen LogP contribution in [0.25, 0.3) is 33.7 Å². The summed E-state index contributed by atoms with van der Waals surface area (Å²) in [5.74, 6) is -0.801. The maximum absolute atomic E-state index is 13.9. The Morgan fingerprint density at radius 2 is 2.00 bits per heavy atom. The standard InChI is InChI=1S/C19H14FN3O4/c1-23-13-6-4-3-5-11(13)16(24)15(19(23)25)18-21-17(22-27-18)10-7-8-14(26-2)12(20)9-10/h3-9,24H,1-2H3. The molecular weight excluding hydrogens is 353 g/mol. The van der Waals surface area contributed by atoms with Crippen molar-refractivity contribution >= 4 is 10.9 Å². The molecule has 0 aliphatic heterocycles. The number of para-hydroxylation sites is 1. The van der Waals surface area contributed by atoms with E-state index in [9.17, 15) is 14.3 Å². The van der Waals surface area contributed by atoms with E-state index in [1.54, 1.807) is 37.4 Å². The summed E-state index contributed by atoms with van der Waals surface area (Å²) in [6, 6.07) is 11.1. The zero-order chi connectivity index (χ0) is 19.1. The first-order valence-corrected chi connectivity index (χ1v) is 8.00. The van der Waals surface area contributed by atoms with Crippen molar-refractivity contribution in [2.45, 2.75) is 0 Å².